The van der Waals surface area contributed by atoms with Gasteiger partial charge in [0.25, 0.3) is 0 Å². The fraction of sp³-hybridized carbons (Fsp3) is 0.333. The molecule has 0 saturated heterocycles. The molecule has 2 heterocycles. The standard InChI is InChI=1S/C12H15N3S/c1-8(2)12-11(15-10(6-13)16-12)9-4-3-5-14-7-9/h3-5,7-8H,6,13H2,1-2H3. The van der Waals surface area contributed by atoms with Crippen LogP contribution in [0.15, 0.2) is 24.5 Å². The van der Waals surface area contributed by atoms with Crippen LogP contribution in [-0.2, 0) is 6.54 Å². The molecule has 2 rings (SSSR count). The summed E-state index contributed by atoms with van der Waals surface area (Å²) in [7, 11) is 0. The zero-order valence-electron chi connectivity index (χ0n) is 9.47. The Morgan fingerprint density at radius 3 is 2.81 bits per heavy atom. The SMILES string of the molecule is CC(C)c1sc(CN)nc1-c1cccnc1. The van der Waals surface area contributed by atoms with Crippen LogP contribution in [0.3, 0.4) is 0 Å². The molecule has 3 nitrogen and oxygen atoms in total. The van der Waals surface area contributed by atoms with Crippen LogP contribution in [0.1, 0.15) is 29.7 Å². The number of hydrogen-bond acceptors (Lipinski definition) is 4. The number of thiazole rings is 1. The molecule has 0 unspecified atom stereocenters. The largest absolute Gasteiger partial charge is 0.325 e. The molecule has 0 aliphatic rings. The Balaban J connectivity index is 2.51. The summed E-state index contributed by atoms with van der Waals surface area (Å²) in [5.41, 5.74) is 7.75. The smallest absolute Gasteiger partial charge is 0.107 e. The maximum atomic E-state index is 5.64. The molecule has 0 spiro atoms. The second kappa shape index (κ2) is 4.72. The number of rotatable bonds is 3. The lowest BCUT2D eigenvalue weighted by Crippen LogP contribution is -1.94. The Morgan fingerprint density at radius 2 is 2.25 bits per heavy atom. The van der Waals surface area contributed by atoms with E-state index in [2.05, 4.69) is 23.8 Å². The fourth-order valence-corrected chi connectivity index (χ4v) is 2.54. The summed E-state index contributed by atoms with van der Waals surface area (Å²) in [5, 5.41) is 0.988. The van der Waals surface area contributed by atoms with Crippen molar-refractivity contribution in [1.29, 1.82) is 0 Å². The monoisotopic (exact) mass is 233 g/mol. The van der Waals surface area contributed by atoms with Crippen LogP contribution in [0.5, 0.6) is 0 Å². The number of nitrogens with zero attached hydrogens (tertiary/aromatic N) is 2. The Morgan fingerprint density at radius 1 is 1.44 bits per heavy atom. The summed E-state index contributed by atoms with van der Waals surface area (Å²) in [6.07, 6.45) is 3.62. The van der Waals surface area contributed by atoms with Crippen molar-refractivity contribution < 1.29 is 0 Å². The molecule has 0 aliphatic carbocycles. The molecule has 4 heteroatoms. The minimum atomic E-state index is 0.466. The third kappa shape index (κ3) is 2.13. The highest BCUT2D eigenvalue weighted by Gasteiger charge is 2.14. The molecule has 0 aliphatic heterocycles. The van der Waals surface area contributed by atoms with Gasteiger partial charge in [-0.2, -0.15) is 0 Å². The first kappa shape index (κ1) is 11.2. The summed E-state index contributed by atoms with van der Waals surface area (Å²) in [6, 6.07) is 3.97. The third-order valence-corrected chi connectivity index (χ3v) is 3.71. The van der Waals surface area contributed by atoms with Gasteiger partial charge in [0, 0.05) is 29.4 Å². The molecular weight excluding hydrogens is 218 g/mol. The predicted molar refractivity (Wildman–Crippen MR) is 67.3 cm³/mol. The molecule has 0 radical (unpaired) electrons. The lowest BCUT2D eigenvalue weighted by atomic mass is 10.1. The predicted octanol–water partition coefficient (Wildman–Crippen LogP) is 2.79. The average Bonchev–Trinajstić information content (AvgIpc) is 2.74. The van der Waals surface area contributed by atoms with Crippen molar-refractivity contribution >= 4 is 11.3 Å². The Labute approximate surface area is 99.4 Å². The van der Waals surface area contributed by atoms with Gasteiger partial charge in [-0.05, 0) is 18.1 Å². The first-order chi connectivity index (χ1) is 7.72. The molecule has 2 aromatic heterocycles. The van der Waals surface area contributed by atoms with Crippen molar-refractivity contribution in [1.82, 2.24) is 9.97 Å². The van der Waals surface area contributed by atoms with Gasteiger partial charge in [0.15, 0.2) is 0 Å². The van der Waals surface area contributed by atoms with Crippen molar-refractivity contribution in [2.75, 3.05) is 0 Å². The lowest BCUT2D eigenvalue weighted by molar-refractivity contribution is 0.887. The minimum absolute atomic E-state index is 0.466. The number of aromatic nitrogens is 2. The lowest BCUT2D eigenvalue weighted by Gasteiger charge is -2.04. The number of pyridine rings is 1. The van der Waals surface area contributed by atoms with E-state index in [0.29, 0.717) is 12.5 Å². The van der Waals surface area contributed by atoms with Gasteiger partial charge in [0.2, 0.25) is 0 Å². The molecule has 0 aromatic carbocycles. The second-order valence-electron chi connectivity index (χ2n) is 3.92. The van der Waals surface area contributed by atoms with E-state index in [-0.39, 0.29) is 0 Å². The van der Waals surface area contributed by atoms with Crippen molar-refractivity contribution in [3.63, 3.8) is 0 Å². The second-order valence-corrected chi connectivity index (χ2v) is 5.04. The molecular formula is C12H15N3S. The van der Waals surface area contributed by atoms with Crippen molar-refractivity contribution in [3.8, 4) is 11.3 Å². The molecule has 0 amide bonds. The highest BCUT2D eigenvalue weighted by atomic mass is 32.1. The zero-order valence-corrected chi connectivity index (χ0v) is 10.3. The van der Waals surface area contributed by atoms with Gasteiger partial charge in [-0.15, -0.1) is 11.3 Å². The Hall–Kier alpha value is -1.26. The number of hydrogen-bond donors (Lipinski definition) is 1. The van der Waals surface area contributed by atoms with Crippen LogP contribution in [-0.4, -0.2) is 9.97 Å². The topological polar surface area (TPSA) is 51.8 Å². The highest BCUT2D eigenvalue weighted by Crippen LogP contribution is 2.33. The first-order valence-electron chi connectivity index (χ1n) is 5.32. The van der Waals surface area contributed by atoms with Gasteiger partial charge >= 0.3 is 0 Å². The first-order valence-corrected chi connectivity index (χ1v) is 6.14. The summed E-state index contributed by atoms with van der Waals surface area (Å²) < 4.78 is 0. The summed E-state index contributed by atoms with van der Waals surface area (Å²) in [5.74, 6) is 0.466. The van der Waals surface area contributed by atoms with Crippen molar-refractivity contribution in [2.24, 2.45) is 5.73 Å². The van der Waals surface area contributed by atoms with Crippen LogP contribution >= 0.6 is 11.3 Å². The molecule has 2 N–H and O–H groups in total. The highest BCUT2D eigenvalue weighted by molar-refractivity contribution is 7.12. The van der Waals surface area contributed by atoms with Crippen LogP contribution in [0, 0.1) is 0 Å². The minimum Gasteiger partial charge on any atom is -0.325 e. The molecule has 0 fully saturated rings. The van der Waals surface area contributed by atoms with Gasteiger partial charge in [0.1, 0.15) is 5.01 Å². The van der Waals surface area contributed by atoms with Gasteiger partial charge in [-0.25, -0.2) is 4.98 Å². The quantitative estimate of drug-likeness (QED) is 0.887. The molecule has 0 atom stereocenters. The van der Waals surface area contributed by atoms with Crippen LogP contribution < -0.4 is 5.73 Å². The molecule has 0 saturated carbocycles. The van der Waals surface area contributed by atoms with E-state index >= 15 is 0 Å². The molecule has 2 aromatic rings. The maximum absolute atomic E-state index is 5.64. The van der Waals surface area contributed by atoms with E-state index in [1.54, 1.807) is 17.5 Å². The number of nitrogens with two attached hydrogens (primary N) is 1. The molecule has 16 heavy (non-hydrogen) atoms. The van der Waals surface area contributed by atoms with Crippen molar-refractivity contribution in [2.45, 2.75) is 26.3 Å². The third-order valence-electron chi connectivity index (χ3n) is 2.33. The van der Waals surface area contributed by atoms with Crippen LogP contribution in [0.25, 0.3) is 11.3 Å². The zero-order chi connectivity index (χ0) is 11.5. The Kier molecular flexibility index (Phi) is 3.31. The summed E-state index contributed by atoms with van der Waals surface area (Å²) in [4.78, 5) is 9.99. The van der Waals surface area contributed by atoms with Gasteiger partial charge < -0.3 is 5.73 Å². The van der Waals surface area contributed by atoms with Crippen LogP contribution in [0.4, 0.5) is 0 Å². The van der Waals surface area contributed by atoms with Crippen molar-refractivity contribution in [3.05, 3.63) is 34.4 Å². The summed E-state index contributed by atoms with van der Waals surface area (Å²) >= 11 is 1.70. The van der Waals surface area contributed by atoms with E-state index in [0.717, 1.165) is 16.3 Å². The van der Waals surface area contributed by atoms with Gasteiger partial charge in [-0.1, -0.05) is 13.8 Å². The molecule has 84 valence electrons. The van der Waals surface area contributed by atoms with Crippen LogP contribution in [0.2, 0.25) is 0 Å². The van der Waals surface area contributed by atoms with E-state index in [4.69, 9.17) is 5.73 Å². The fourth-order valence-electron chi connectivity index (χ4n) is 1.57. The average molecular weight is 233 g/mol. The van der Waals surface area contributed by atoms with E-state index in [1.165, 1.54) is 4.88 Å². The molecule has 0 bridgehead atoms. The van der Waals surface area contributed by atoms with E-state index in [1.807, 2.05) is 18.3 Å². The normalized spacial score (nSPS) is 11.0. The Bertz CT molecular complexity index is 462. The van der Waals surface area contributed by atoms with E-state index < -0.39 is 0 Å². The van der Waals surface area contributed by atoms with E-state index in [9.17, 15) is 0 Å². The van der Waals surface area contributed by atoms with Gasteiger partial charge in [0.05, 0.1) is 5.69 Å². The summed E-state index contributed by atoms with van der Waals surface area (Å²) in [6.45, 7) is 4.85. The maximum Gasteiger partial charge on any atom is 0.107 e. The van der Waals surface area contributed by atoms with Gasteiger partial charge in [-0.3, -0.25) is 4.98 Å².